The van der Waals surface area contributed by atoms with E-state index in [0.29, 0.717) is 0 Å². The number of aliphatic hydroxyl groups is 1. The van der Waals surface area contributed by atoms with E-state index in [2.05, 4.69) is 0 Å². The predicted molar refractivity (Wildman–Crippen MR) is 49.9 cm³/mol. The third-order valence-electron chi connectivity index (χ3n) is 2.67. The van der Waals surface area contributed by atoms with Crippen LogP contribution in [0.1, 0.15) is 27.7 Å². The standard InChI is InChI=1S/C10H17FO4/c1-9(2,12)7-5(11)6-8(13-7)15-10(3,4)14-6/h5-8,12H,1-4H3/t5-,6-,7+,8-/m1/s1. The molecule has 0 unspecified atom stereocenters. The van der Waals surface area contributed by atoms with Gasteiger partial charge < -0.3 is 19.3 Å². The highest BCUT2D eigenvalue weighted by molar-refractivity contribution is 4.99. The van der Waals surface area contributed by atoms with E-state index in [4.69, 9.17) is 14.2 Å². The van der Waals surface area contributed by atoms with Crippen LogP contribution in [0.15, 0.2) is 0 Å². The molecule has 4 atom stereocenters. The van der Waals surface area contributed by atoms with Crippen LogP contribution in [0.2, 0.25) is 0 Å². The van der Waals surface area contributed by atoms with Crippen LogP contribution in [0.5, 0.6) is 0 Å². The lowest BCUT2D eigenvalue weighted by molar-refractivity contribution is -0.230. The highest BCUT2D eigenvalue weighted by Crippen LogP contribution is 2.41. The topological polar surface area (TPSA) is 47.9 Å². The smallest absolute Gasteiger partial charge is 0.190 e. The average molecular weight is 220 g/mol. The fourth-order valence-electron chi connectivity index (χ4n) is 2.03. The first-order chi connectivity index (χ1) is 6.71. The van der Waals surface area contributed by atoms with Gasteiger partial charge in [0.1, 0.15) is 12.2 Å². The quantitative estimate of drug-likeness (QED) is 0.715. The number of rotatable bonds is 1. The van der Waals surface area contributed by atoms with E-state index in [9.17, 15) is 9.50 Å². The molecule has 0 bridgehead atoms. The molecule has 0 aromatic heterocycles. The summed E-state index contributed by atoms with van der Waals surface area (Å²) in [6.07, 6.45) is -3.72. The zero-order valence-corrected chi connectivity index (χ0v) is 9.36. The Morgan fingerprint density at radius 2 is 1.87 bits per heavy atom. The Labute approximate surface area is 88.3 Å². The van der Waals surface area contributed by atoms with Crippen LogP contribution in [0.3, 0.4) is 0 Å². The van der Waals surface area contributed by atoms with Crippen LogP contribution < -0.4 is 0 Å². The highest BCUT2D eigenvalue weighted by Gasteiger charge is 2.58. The molecule has 2 rings (SSSR count). The molecule has 4 nitrogen and oxygen atoms in total. The van der Waals surface area contributed by atoms with Crippen molar-refractivity contribution in [1.29, 1.82) is 0 Å². The Hall–Kier alpha value is -0.230. The molecule has 15 heavy (non-hydrogen) atoms. The number of halogens is 1. The second-order valence-electron chi connectivity index (χ2n) is 5.12. The van der Waals surface area contributed by atoms with E-state index in [1.165, 1.54) is 13.8 Å². The van der Waals surface area contributed by atoms with Crippen molar-refractivity contribution in [3.63, 3.8) is 0 Å². The van der Waals surface area contributed by atoms with Gasteiger partial charge in [-0.05, 0) is 27.7 Å². The van der Waals surface area contributed by atoms with Crippen LogP contribution in [-0.2, 0) is 14.2 Å². The van der Waals surface area contributed by atoms with Crippen LogP contribution in [0.4, 0.5) is 4.39 Å². The van der Waals surface area contributed by atoms with Crippen LogP contribution in [-0.4, -0.2) is 41.2 Å². The maximum absolute atomic E-state index is 13.9. The lowest BCUT2D eigenvalue weighted by Gasteiger charge is -2.29. The molecule has 2 saturated heterocycles. The summed E-state index contributed by atoms with van der Waals surface area (Å²) in [4.78, 5) is 0. The Morgan fingerprint density at radius 3 is 2.33 bits per heavy atom. The van der Waals surface area contributed by atoms with Crippen molar-refractivity contribution >= 4 is 0 Å². The zero-order chi connectivity index (χ0) is 11.4. The normalized spacial score (nSPS) is 44.4. The molecule has 0 amide bonds. The lowest BCUT2D eigenvalue weighted by atomic mass is 9.97. The summed E-state index contributed by atoms with van der Waals surface area (Å²) < 4.78 is 30.0. The molecule has 0 aliphatic carbocycles. The Morgan fingerprint density at radius 1 is 1.27 bits per heavy atom. The number of hydrogen-bond donors (Lipinski definition) is 1. The van der Waals surface area contributed by atoms with Gasteiger partial charge in [-0.1, -0.05) is 0 Å². The summed E-state index contributed by atoms with van der Waals surface area (Å²) in [6, 6.07) is 0. The Bertz CT molecular complexity index is 261. The van der Waals surface area contributed by atoms with Crippen molar-refractivity contribution in [2.24, 2.45) is 0 Å². The van der Waals surface area contributed by atoms with E-state index in [1.54, 1.807) is 13.8 Å². The van der Waals surface area contributed by atoms with Gasteiger partial charge in [0.25, 0.3) is 0 Å². The monoisotopic (exact) mass is 220 g/mol. The number of ether oxygens (including phenoxy) is 3. The first kappa shape index (κ1) is 11.3. The third kappa shape index (κ3) is 1.89. The second kappa shape index (κ2) is 3.13. The van der Waals surface area contributed by atoms with E-state index in [-0.39, 0.29) is 0 Å². The maximum Gasteiger partial charge on any atom is 0.190 e. The van der Waals surface area contributed by atoms with Crippen molar-refractivity contribution in [3.05, 3.63) is 0 Å². The molecule has 2 aliphatic heterocycles. The van der Waals surface area contributed by atoms with Crippen LogP contribution in [0.25, 0.3) is 0 Å². The second-order valence-corrected chi connectivity index (χ2v) is 5.12. The first-order valence-corrected chi connectivity index (χ1v) is 5.08. The largest absolute Gasteiger partial charge is 0.388 e. The zero-order valence-electron chi connectivity index (χ0n) is 9.36. The molecule has 2 heterocycles. The fraction of sp³-hybridized carbons (Fsp3) is 1.00. The van der Waals surface area contributed by atoms with Crippen LogP contribution in [0, 0.1) is 0 Å². The minimum atomic E-state index is -1.36. The molecule has 2 aliphatic rings. The predicted octanol–water partition coefficient (Wildman–Crippen LogP) is 0.972. The minimum Gasteiger partial charge on any atom is -0.388 e. The average Bonchev–Trinajstić information content (AvgIpc) is 2.45. The Balaban J connectivity index is 2.12. The van der Waals surface area contributed by atoms with Crippen LogP contribution >= 0.6 is 0 Å². The third-order valence-corrected chi connectivity index (χ3v) is 2.67. The molecular weight excluding hydrogens is 203 g/mol. The summed E-state index contributed by atoms with van der Waals surface area (Å²) in [7, 11) is 0. The first-order valence-electron chi connectivity index (χ1n) is 5.08. The molecule has 5 heteroatoms. The summed E-state index contributed by atoms with van der Waals surface area (Å²) in [6.45, 7) is 6.44. The molecule has 1 N–H and O–H groups in total. The van der Waals surface area contributed by atoms with Gasteiger partial charge in [-0.2, -0.15) is 0 Å². The number of fused-ring (bicyclic) bond motifs is 1. The van der Waals surface area contributed by atoms with Crippen molar-refractivity contribution in [1.82, 2.24) is 0 Å². The van der Waals surface area contributed by atoms with Gasteiger partial charge in [-0.15, -0.1) is 0 Å². The van der Waals surface area contributed by atoms with Gasteiger partial charge in [0.15, 0.2) is 18.2 Å². The summed E-state index contributed by atoms with van der Waals surface area (Å²) in [5.74, 6) is -0.815. The van der Waals surface area contributed by atoms with Crippen molar-refractivity contribution in [2.45, 2.75) is 63.8 Å². The molecule has 2 fully saturated rings. The maximum atomic E-state index is 13.9. The number of hydrogen-bond acceptors (Lipinski definition) is 4. The SMILES string of the molecule is CC1(C)O[C@H]2O[C@H](C(C)(C)O)[C@H](F)[C@H]2O1. The lowest BCUT2D eigenvalue weighted by Crippen LogP contribution is -2.44. The minimum absolute atomic E-state index is 0.716. The van der Waals surface area contributed by atoms with E-state index < -0.39 is 36.1 Å². The van der Waals surface area contributed by atoms with Gasteiger partial charge >= 0.3 is 0 Å². The van der Waals surface area contributed by atoms with E-state index >= 15 is 0 Å². The van der Waals surface area contributed by atoms with Crippen molar-refractivity contribution in [3.8, 4) is 0 Å². The number of alkyl halides is 1. The summed E-state index contributed by atoms with van der Waals surface area (Å²) in [5.41, 5.74) is -1.24. The van der Waals surface area contributed by atoms with Gasteiger partial charge in [0.2, 0.25) is 0 Å². The molecule has 0 radical (unpaired) electrons. The van der Waals surface area contributed by atoms with Gasteiger partial charge in [-0.3, -0.25) is 0 Å². The fourth-order valence-corrected chi connectivity index (χ4v) is 2.03. The summed E-state index contributed by atoms with van der Waals surface area (Å²) in [5, 5.41) is 9.70. The molecule has 0 aromatic carbocycles. The molecule has 0 saturated carbocycles. The van der Waals surface area contributed by atoms with Gasteiger partial charge in [0.05, 0.1) is 5.60 Å². The highest BCUT2D eigenvalue weighted by atomic mass is 19.1. The van der Waals surface area contributed by atoms with Crippen molar-refractivity contribution < 1.29 is 23.7 Å². The molecular formula is C10H17FO4. The van der Waals surface area contributed by atoms with Crippen molar-refractivity contribution in [2.75, 3.05) is 0 Å². The Kier molecular flexibility index (Phi) is 2.35. The molecule has 0 aromatic rings. The molecule has 88 valence electrons. The molecule has 0 spiro atoms. The van der Waals surface area contributed by atoms with Gasteiger partial charge in [0, 0.05) is 0 Å². The van der Waals surface area contributed by atoms with Gasteiger partial charge in [-0.25, -0.2) is 4.39 Å². The summed E-state index contributed by atoms with van der Waals surface area (Å²) >= 11 is 0. The van der Waals surface area contributed by atoms with E-state index in [1.807, 2.05) is 0 Å². The van der Waals surface area contributed by atoms with E-state index in [0.717, 1.165) is 0 Å².